The van der Waals surface area contributed by atoms with Crippen LogP contribution in [0.4, 0.5) is 17.1 Å². The van der Waals surface area contributed by atoms with Crippen LogP contribution in [0.5, 0.6) is 0 Å². The van der Waals surface area contributed by atoms with Crippen LogP contribution < -0.4 is 5.32 Å². The van der Waals surface area contributed by atoms with Crippen LogP contribution in [0.25, 0.3) is 0 Å². The highest BCUT2D eigenvalue weighted by Crippen LogP contribution is 2.27. The number of hydrogen-bond donors (Lipinski definition) is 1. The Hall–Kier alpha value is -2.79. The van der Waals surface area contributed by atoms with Crippen LogP contribution >= 0.6 is 11.3 Å². The maximum Gasteiger partial charge on any atom is 0.265 e. The zero-order valence-electron chi connectivity index (χ0n) is 11.6. The molecule has 5 heteroatoms. The quantitative estimate of drug-likeness (QED) is 0.643. The Kier molecular flexibility index (Phi) is 4.36. The van der Waals surface area contributed by atoms with Crippen molar-refractivity contribution in [2.24, 2.45) is 10.2 Å². The normalized spacial score (nSPS) is 10.7. The third kappa shape index (κ3) is 3.45. The molecule has 3 rings (SSSR count). The van der Waals surface area contributed by atoms with Crippen molar-refractivity contribution in [3.05, 3.63) is 77.0 Å². The number of nitrogens with one attached hydrogen (secondary N) is 1. The summed E-state index contributed by atoms with van der Waals surface area (Å²) in [4.78, 5) is 12.8. The average Bonchev–Trinajstić information content (AvgIpc) is 3.10. The van der Waals surface area contributed by atoms with Crippen LogP contribution in [0.15, 0.2) is 82.3 Å². The van der Waals surface area contributed by atoms with Gasteiger partial charge < -0.3 is 5.32 Å². The average molecular weight is 307 g/mol. The minimum atomic E-state index is -0.141. The number of para-hydroxylation sites is 1. The Morgan fingerprint density at radius 2 is 1.64 bits per heavy atom. The van der Waals surface area contributed by atoms with E-state index < -0.39 is 0 Å². The molecule has 0 bridgehead atoms. The van der Waals surface area contributed by atoms with Crippen molar-refractivity contribution < 1.29 is 4.79 Å². The summed E-state index contributed by atoms with van der Waals surface area (Å²) in [5.41, 5.74) is 2.03. The van der Waals surface area contributed by atoms with Crippen molar-refractivity contribution in [1.82, 2.24) is 0 Å². The molecule has 1 aromatic heterocycles. The van der Waals surface area contributed by atoms with E-state index in [9.17, 15) is 4.79 Å². The van der Waals surface area contributed by atoms with Gasteiger partial charge in [0, 0.05) is 0 Å². The van der Waals surface area contributed by atoms with Gasteiger partial charge in [-0.2, -0.15) is 5.11 Å². The van der Waals surface area contributed by atoms with Gasteiger partial charge in [0.1, 0.15) is 5.69 Å². The summed E-state index contributed by atoms with van der Waals surface area (Å²) in [6.07, 6.45) is 0. The van der Waals surface area contributed by atoms with Gasteiger partial charge in [-0.3, -0.25) is 4.79 Å². The first-order valence-corrected chi connectivity index (χ1v) is 7.61. The third-order valence-corrected chi connectivity index (χ3v) is 3.80. The molecular formula is C17H13N3OS. The summed E-state index contributed by atoms with van der Waals surface area (Å²) >= 11 is 1.40. The van der Waals surface area contributed by atoms with E-state index in [1.165, 1.54) is 11.3 Å². The second-order valence-corrected chi connectivity index (χ2v) is 5.43. The summed E-state index contributed by atoms with van der Waals surface area (Å²) in [5.74, 6) is -0.141. The SMILES string of the molecule is O=C(Nc1ccccc1N=Nc1ccccc1)c1cccs1. The fraction of sp³-hybridized carbons (Fsp3) is 0. The van der Waals surface area contributed by atoms with E-state index >= 15 is 0 Å². The maximum atomic E-state index is 12.1. The van der Waals surface area contributed by atoms with E-state index in [4.69, 9.17) is 0 Å². The zero-order valence-corrected chi connectivity index (χ0v) is 12.5. The fourth-order valence-electron chi connectivity index (χ4n) is 1.86. The largest absolute Gasteiger partial charge is 0.319 e. The summed E-state index contributed by atoms with van der Waals surface area (Å²) in [6.45, 7) is 0. The molecule has 0 unspecified atom stereocenters. The monoisotopic (exact) mass is 307 g/mol. The van der Waals surface area contributed by atoms with Crippen LogP contribution in [0.2, 0.25) is 0 Å². The standard InChI is InChI=1S/C17H13N3OS/c21-17(16-11-6-12-22-16)18-14-9-4-5-10-15(14)20-19-13-7-2-1-3-8-13/h1-12H,(H,18,21). The van der Waals surface area contributed by atoms with Crippen LogP contribution in [0.3, 0.4) is 0 Å². The van der Waals surface area contributed by atoms with Crippen LogP contribution in [-0.4, -0.2) is 5.91 Å². The summed E-state index contributed by atoms with van der Waals surface area (Å²) in [6, 6.07) is 20.4. The molecule has 0 aliphatic carbocycles. The minimum Gasteiger partial charge on any atom is -0.319 e. The molecule has 0 atom stereocenters. The van der Waals surface area contributed by atoms with Crippen molar-refractivity contribution in [2.75, 3.05) is 5.32 Å². The number of azo groups is 1. The number of rotatable bonds is 4. The topological polar surface area (TPSA) is 53.8 Å². The number of anilines is 1. The van der Waals surface area contributed by atoms with Gasteiger partial charge in [0.05, 0.1) is 16.3 Å². The van der Waals surface area contributed by atoms with E-state index in [1.54, 1.807) is 6.07 Å². The predicted octanol–water partition coefficient (Wildman–Crippen LogP) is 5.42. The van der Waals surface area contributed by atoms with Gasteiger partial charge in [-0.05, 0) is 35.7 Å². The smallest absolute Gasteiger partial charge is 0.265 e. The van der Waals surface area contributed by atoms with Gasteiger partial charge in [-0.25, -0.2) is 0 Å². The summed E-state index contributed by atoms with van der Waals surface area (Å²) in [5, 5.41) is 13.1. The van der Waals surface area contributed by atoms with Gasteiger partial charge in [0.25, 0.3) is 5.91 Å². The van der Waals surface area contributed by atoms with E-state index in [1.807, 2.05) is 66.0 Å². The molecular weight excluding hydrogens is 294 g/mol. The number of amides is 1. The highest BCUT2D eigenvalue weighted by Gasteiger charge is 2.09. The Bertz CT molecular complexity index is 783. The molecule has 0 saturated heterocycles. The van der Waals surface area contributed by atoms with Crippen LogP contribution in [-0.2, 0) is 0 Å². The number of carbonyl (C=O) groups is 1. The van der Waals surface area contributed by atoms with Gasteiger partial charge in [-0.1, -0.05) is 36.4 Å². The maximum absolute atomic E-state index is 12.1. The lowest BCUT2D eigenvalue weighted by molar-refractivity contribution is 0.103. The Labute approximate surface area is 132 Å². The molecule has 0 radical (unpaired) electrons. The molecule has 108 valence electrons. The highest BCUT2D eigenvalue weighted by atomic mass is 32.1. The lowest BCUT2D eigenvalue weighted by atomic mass is 10.2. The van der Waals surface area contributed by atoms with E-state index in [0.717, 1.165) is 5.69 Å². The molecule has 2 aromatic carbocycles. The van der Waals surface area contributed by atoms with Crippen LogP contribution in [0.1, 0.15) is 9.67 Å². The van der Waals surface area contributed by atoms with E-state index in [2.05, 4.69) is 15.5 Å². The van der Waals surface area contributed by atoms with Gasteiger partial charge in [0.2, 0.25) is 0 Å². The third-order valence-electron chi connectivity index (χ3n) is 2.93. The molecule has 0 spiro atoms. The second-order valence-electron chi connectivity index (χ2n) is 4.48. The number of carbonyl (C=O) groups excluding carboxylic acids is 1. The minimum absolute atomic E-state index is 0.141. The fourth-order valence-corrected chi connectivity index (χ4v) is 2.48. The van der Waals surface area contributed by atoms with E-state index in [-0.39, 0.29) is 5.91 Å². The van der Waals surface area contributed by atoms with Gasteiger partial charge >= 0.3 is 0 Å². The molecule has 22 heavy (non-hydrogen) atoms. The molecule has 1 amide bonds. The lowest BCUT2D eigenvalue weighted by Crippen LogP contribution is -2.09. The van der Waals surface area contributed by atoms with Crippen molar-refractivity contribution >= 4 is 34.3 Å². The highest BCUT2D eigenvalue weighted by molar-refractivity contribution is 7.12. The van der Waals surface area contributed by atoms with Crippen molar-refractivity contribution in [3.63, 3.8) is 0 Å². The Balaban J connectivity index is 1.81. The number of benzene rings is 2. The Morgan fingerprint density at radius 3 is 2.41 bits per heavy atom. The van der Waals surface area contributed by atoms with Crippen molar-refractivity contribution in [3.8, 4) is 0 Å². The van der Waals surface area contributed by atoms with Gasteiger partial charge in [-0.15, -0.1) is 16.5 Å². The second kappa shape index (κ2) is 6.78. The van der Waals surface area contributed by atoms with Gasteiger partial charge in [0.15, 0.2) is 0 Å². The summed E-state index contributed by atoms with van der Waals surface area (Å²) < 4.78 is 0. The first-order valence-electron chi connectivity index (χ1n) is 6.73. The first kappa shape index (κ1) is 14.2. The van der Waals surface area contributed by atoms with Crippen molar-refractivity contribution in [1.29, 1.82) is 0 Å². The number of hydrogen-bond acceptors (Lipinski definition) is 4. The molecule has 0 fully saturated rings. The first-order chi connectivity index (χ1) is 10.8. The summed E-state index contributed by atoms with van der Waals surface area (Å²) in [7, 11) is 0. The van der Waals surface area contributed by atoms with E-state index in [0.29, 0.717) is 16.3 Å². The molecule has 0 aliphatic rings. The molecule has 3 aromatic rings. The van der Waals surface area contributed by atoms with Crippen LogP contribution in [0, 0.1) is 0 Å². The molecule has 0 saturated carbocycles. The molecule has 1 heterocycles. The zero-order chi connectivity index (χ0) is 15.2. The number of nitrogens with zero attached hydrogens (tertiary/aromatic N) is 2. The molecule has 0 aliphatic heterocycles. The molecule has 4 nitrogen and oxygen atoms in total. The predicted molar refractivity (Wildman–Crippen MR) is 89.3 cm³/mol. The lowest BCUT2D eigenvalue weighted by Gasteiger charge is -2.06. The molecule has 1 N–H and O–H groups in total. The number of thiophene rings is 1. The Morgan fingerprint density at radius 1 is 0.864 bits per heavy atom. The van der Waals surface area contributed by atoms with Crippen molar-refractivity contribution in [2.45, 2.75) is 0 Å².